The van der Waals surface area contributed by atoms with Crippen molar-refractivity contribution in [2.75, 3.05) is 25.1 Å². The largest absolute Gasteiger partial charge is 0.395 e. The van der Waals surface area contributed by atoms with Crippen LogP contribution >= 0.6 is 0 Å². The lowest BCUT2D eigenvalue weighted by Gasteiger charge is -2.22. The zero-order valence-electron chi connectivity index (χ0n) is 11.6. The average molecular weight is 265 g/mol. The minimum Gasteiger partial charge on any atom is -0.395 e. The molecular weight excluding hydrogens is 242 g/mol. The number of unbranched alkanes of at least 4 members (excludes halogenated alkanes) is 1. The summed E-state index contributed by atoms with van der Waals surface area (Å²) in [5.74, 6) is 5.32. The summed E-state index contributed by atoms with van der Waals surface area (Å²) in [5, 5.41) is 9.05. The minimum absolute atomic E-state index is 0.0170. The summed E-state index contributed by atoms with van der Waals surface area (Å²) < 4.78 is 0. The predicted molar refractivity (Wildman–Crippen MR) is 76.9 cm³/mol. The van der Waals surface area contributed by atoms with Crippen molar-refractivity contribution in [1.29, 1.82) is 0 Å². The molecule has 0 aliphatic rings. The fourth-order valence-electron chi connectivity index (χ4n) is 1.93. The van der Waals surface area contributed by atoms with E-state index in [0.717, 1.165) is 24.1 Å². The van der Waals surface area contributed by atoms with Gasteiger partial charge < -0.3 is 15.4 Å². The molecule has 0 aromatic heterocycles. The molecule has 0 saturated carbocycles. The molecule has 0 aliphatic carbocycles. The number of nitrogens with one attached hydrogen (secondary N) is 1. The van der Waals surface area contributed by atoms with Crippen LogP contribution in [0.4, 0.5) is 5.69 Å². The highest BCUT2D eigenvalue weighted by molar-refractivity contribution is 5.95. The number of hydrogen-bond acceptors (Lipinski definition) is 4. The molecule has 0 radical (unpaired) electrons. The van der Waals surface area contributed by atoms with E-state index in [1.54, 1.807) is 17.0 Å². The van der Waals surface area contributed by atoms with Crippen LogP contribution in [0.5, 0.6) is 0 Å². The minimum atomic E-state index is -0.0471. The number of nitrogens with zero attached hydrogens (tertiary/aromatic N) is 1. The predicted octanol–water partition coefficient (Wildman–Crippen LogP) is 1.52. The fourth-order valence-corrected chi connectivity index (χ4v) is 1.93. The molecule has 0 unspecified atom stereocenters. The Morgan fingerprint density at radius 2 is 2.16 bits per heavy atom. The number of carbonyl (C=O) groups excluding carboxylic acids is 1. The van der Waals surface area contributed by atoms with Crippen LogP contribution in [0.3, 0.4) is 0 Å². The van der Waals surface area contributed by atoms with Gasteiger partial charge in [-0.2, -0.15) is 0 Å². The van der Waals surface area contributed by atoms with Crippen LogP contribution in [0.1, 0.15) is 35.7 Å². The maximum atomic E-state index is 12.4. The molecule has 0 spiro atoms. The lowest BCUT2D eigenvalue weighted by atomic mass is 10.1. The molecule has 0 bridgehead atoms. The molecule has 4 N–H and O–H groups in total. The number of aryl methyl sites for hydroxylation is 1. The highest BCUT2D eigenvalue weighted by Crippen LogP contribution is 2.16. The van der Waals surface area contributed by atoms with Gasteiger partial charge in [0.2, 0.25) is 0 Å². The van der Waals surface area contributed by atoms with Crippen LogP contribution in [-0.4, -0.2) is 35.6 Å². The van der Waals surface area contributed by atoms with Crippen molar-refractivity contribution in [3.8, 4) is 0 Å². The van der Waals surface area contributed by atoms with E-state index in [1.807, 2.05) is 13.0 Å². The van der Waals surface area contributed by atoms with E-state index in [4.69, 9.17) is 10.9 Å². The van der Waals surface area contributed by atoms with Gasteiger partial charge in [-0.3, -0.25) is 10.6 Å². The Balaban J connectivity index is 2.86. The number of benzene rings is 1. The molecule has 0 aliphatic heterocycles. The number of nitrogen functional groups attached to an aromatic ring is 1. The average Bonchev–Trinajstić information content (AvgIpc) is 2.42. The summed E-state index contributed by atoms with van der Waals surface area (Å²) >= 11 is 0. The van der Waals surface area contributed by atoms with E-state index in [9.17, 15) is 4.79 Å². The number of anilines is 1. The molecule has 1 aromatic rings. The van der Waals surface area contributed by atoms with E-state index >= 15 is 0 Å². The second kappa shape index (κ2) is 7.76. The van der Waals surface area contributed by atoms with Crippen molar-refractivity contribution in [3.63, 3.8) is 0 Å². The van der Waals surface area contributed by atoms with E-state index < -0.39 is 0 Å². The number of nitrogens with two attached hydrogens (primary N) is 1. The molecule has 19 heavy (non-hydrogen) atoms. The second-order valence-electron chi connectivity index (χ2n) is 4.54. The van der Waals surface area contributed by atoms with Crippen molar-refractivity contribution < 1.29 is 9.90 Å². The Morgan fingerprint density at radius 3 is 2.68 bits per heavy atom. The number of carbonyl (C=O) groups is 1. The summed E-state index contributed by atoms with van der Waals surface area (Å²) in [6.07, 6.45) is 1.96. The molecule has 1 aromatic carbocycles. The Kier molecular flexibility index (Phi) is 6.32. The first kappa shape index (κ1) is 15.5. The fraction of sp³-hybridized carbons (Fsp3) is 0.500. The Bertz CT molecular complexity index is 421. The van der Waals surface area contributed by atoms with Gasteiger partial charge in [-0.15, -0.1) is 0 Å². The number of hydrazine groups is 1. The van der Waals surface area contributed by atoms with E-state index in [0.29, 0.717) is 18.7 Å². The smallest absolute Gasteiger partial charge is 0.253 e. The lowest BCUT2D eigenvalue weighted by molar-refractivity contribution is 0.0719. The molecule has 0 fully saturated rings. The van der Waals surface area contributed by atoms with Gasteiger partial charge in [0.15, 0.2) is 0 Å². The standard InChI is InChI=1S/C14H23N3O2/c1-3-4-7-17(8-9-18)14(19)12-5-6-13(16-15)11(2)10-12/h5-6,10,16,18H,3-4,7-9,15H2,1-2H3. The van der Waals surface area contributed by atoms with Gasteiger partial charge in [0.25, 0.3) is 5.91 Å². The topological polar surface area (TPSA) is 78.6 Å². The highest BCUT2D eigenvalue weighted by atomic mass is 16.3. The summed E-state index contributed by atoms with van der Waals surface area (Å²) in [5.41, 5.74) is 4.94. The lowest BCUT2D eigenvalue weighted by Crippen LogP contribution is -2.34. The van der Waals surface area contributed by atoms with E-state index in [2.05, 4.69) is 12.3 Å². The summed E-state index contributed by atoms with van der Waals surface area (Å²) in [7, 11) is 0. The van der Waals surface area contributed by atoms with Gasteiger partial charge in [-0.25, -0.2) is 0 Å². The molecule has 5 nitrogen and oxygen atoms in total. The van der Waals surface area contributed by atoms with Gasteiger partial charge in [0.1, 0.15) is 0 Å². The van der Waals surface area contributed by atoms with Gasteiger partial charge in [-0.05, 0) is 37.1 Å². The van der Waals surface area contributed by atoms with E-state index in [1.165, 1.54) is 0 Å². The zero-order valence-corrected chi connectivity index (χ0v) is 11.6. The molecular formula is C14H23N3O2. The first-order valence-electron chi connectivity index (χ1n) is 6.61. The molecule has 0 atom stereocenters. The van der Waals surface area contributed by atoms with Crippen molar-refractivity contribution in [2.24, 2.45) is 5.84 Å². The first-order chi connectivity index (χ1) is 9.13. The highest BCUT2D eigenvalue weighted by Gasteiger charge is 2.15. The molecule has 0 heterocycles. The summed E-state index contributed by atoms with van der Waals surface area (Å²) in [6, 6.07) is 5.36. The second-order valence-corrected chi connectivity index (χ2v) is 4.54. The van der Waals surface area contributed by atoms with Crippen LogP contribution in [0.15, 0.2) is 18.2 Å². The van der Waals surface area contributed by atoms with Gasteiger partial charge >= 0.3 is 0 Å². The summed E-state index contributed by atoms with van der Waals surface area (Å²) in [4.78, 5) is 14.0. The van der Waals surface area contributed by atoms with Crippen molar-refractivity contribution in [3.05, 3.63) is 29.3 Å². The first-order valence-corrected chi connectivity index (χ1v) is 6.61. The molecule has 0 saturated heterocycles. The maximum absolute atomic E-state index is 12.4. The maximum Gasteiger partial charge on any atom is 0.253 e. The van der Waals surface area contributed by atoms with Crippen LogP contribution in [0.25, 0.3) is 0 Å². The van der Waals surface area contributed by atoms with Gasteiger partial charge in [-0.1, -0.05) is 13.3 Å². The number of hydrogen-bond donors (Lipinski definition) is 3. The Hall–Kier alpha value is -1.59. The third kappa shape index (κ3) is 4.22. The quantitative estimate of drug-likeness (QED) is 0.516. The number of aliphatic hydroxyl groups excluding tert-OH is 1. The number of amides is 1. The Labute approximate surface area is 114 Å². The van der Waals surface area contributed by atoms with Crippen LogP contribution < -0.4 is 11.3 Å². The monoisotopic (exact) mass is 265 g/mol. The zero-order chi connectivity index (χ0) is 14.3. The number of rotatable bonds is 7. The van der Waals surface area contributed by atoms with Crippen LogP contribution in [-0.2, 0) is 0 Å². The molecule has 1 rings (SSSR count). The van der Waals surface area contributed by atoms with Crippen LogP contribution in [0.2, 0.25) is 0 Å². The Morgan fingerprint density at radius 1 is 1.42 bits per heavy atom. The summed E-state index contributed by atoms with van der Waals surface area (Å²) in [6.45, 7) is 5.00. The third-order valence-electron chi connectivity index (χ3n) is 3.07. The molecule has 5 heteroatoms. The van der Waals surface area contributed by atoms with Crippen molar-refractivity contribution in [2.45, 2.75) is 26.7 Å². The van der Waals surface area contributed by atoms with Crippen molar-refractivity contribution >= 4 is 11.6 Å². The third-order valence-corrected chi connectivity index (χ3v) is 3.07. The molecule has 1 amide bonds. The van der Waals surface area contributed by atoms with E-state index in [-0.39, 0.29) is 12.5 Å². The SMILES string of the molecule is CCCCN(CCO)C(=O)c1ccc(NN)c(C)c1. The van der Waals surface area contributed by atoms with Gasteiger partial charge in [0.05, 0.1) is 12.3 Å². The van der Waals surface area contributed by atoms with Crippen LogP contribution in [0, 0.1) is 6.92 Å². The molecule has 106 valence electrons. The normalized spacial score (nSPS) is 10.3. The number of aliphatic hydroxyl groups is 1. The van der Waals surface area contributed by atoms with Crippen molar-refractivity contribution in [1.82, 2.24) is 4.90 Å². The van der Waals surface area contributed by atoms with Gasteiger partial charge in [0, 0.05) is 18.7 Å².